The number of unbranched alkanes of at least 4 members (excludes halogenated alkanes) is 2. The minimum absolute atomic E-state index is 0.282. The van der Waals surface area contributed by atoms with Gasteiger partial charge in [-0.1, -0.05) is 46.1 Å². The summed E-state index contributed by atoms with van der Waals surface area (Å²) in [5.74, 6) is -2.57. The van der Waals surface area contributed by atoms with Crippen molar-refractivity contribution >= 4 is 23.9 Å². The Kier molecular flexibility index (Phi) is 18.8. The van der Waals surface area contributed by atoms with Crippen LogP contribution in [0.2, 0.25) is 0 Å². The first-order chi connectivity index (χ1) is 15.7. The predicted molar refractivity (Wildman–Crippen MR) is 119 cm³/mol. The Hall–Kier alpha value is -3.24. The van der Waals surface area contributed by atoms with Crippen LogP contribution in [-0.2, 0) is 38.1 Å². The molecule has 0 saturated carbocycles. The summed E-state index contributed by atoms with van der Waals surface area (Å²) >= 11 is 0. The summed E-state index contributed by atoms with van der Waals surface area (Å²) < 4.78 is 19.2. The van der Waals surface area contributed by atoms with Gasteiger partial charge in [0.2, 0.25) is 6.29 Å². The highest BCUT2D eigenvalue weighted by Gasteiger charge is 2.32. The monoisotopic (exact) mass is 470 g/mol. The van der Waals surface area contributed by atoms with Crippen LogP contribution in [-0.4, -0.2) is 66.8 Å². The van der Waals surface area contributed by atoms with Gasteiger partial charge in [-0.2, -0.15) is 0 Å². The molecular weight excluding hydrogens is 436 g/mol. The standard InChI is InChI=1S/C12H18O4.C11H16O6/c1-4-7-8-9-12(15-10(13)5-2)16-11(14)6-3;1-3-9(14)16-7-11(5-12,6-13)8-17-10(15)4-2/h5-6,12H,2-4,7-9H2,1H3;3-4,12-13H,1-2,5-8H2. The molecule has 0 aliphatic rings. The molecule has 0 aromatic heterocycles. The molecule has 10 nitrogen and oxygen atoms in total. The second kappa shape index (κ2) is 19.4. The average molecular weight is 471 g/mol. The third kappa shape index (κ3) is 16.1. The van der Waals surface area contributed by atoms with Crippen LogP contribution in [0.15, 0.2) is 50.6 Å². The Bertz CT molecular complexity index is 616. The minimum atomic E-state index is -1.22. The van der Waals surface area contributed by atoms with Crippen LogP contribution in [0.5, 0.6) is 0 Å². The number of aliphatic hydroxyl groups is 2. The minimum Gasteiger partial charge on any atom is -0.462 e. The van der Waals surface area contributed by atoms with Gasteiger partial charge in [0.15, 0.2) is 0 Å². The number of rotatable bonds is 16. The van der Waals surface area contributed by atoms with E-state index in [1.54, 1.807) is 0 Å². The SMILES string of the molecule is C=CC(=O)OC(CCCCC)OC(=O)C=C.C=CC(=O)OCC(CO)(CO)COC(=O)C=C. The fraction of sp³-hybridized carbons (Fsp3) is 0.478. The van der Waals surface area contributed by atoms with Crippen LogP contribution in [0.3, 0.4) is 0 Å². The first-order valence-corrected chi connectivity index (χ1v) is 10.1. The van der Waals surface area contributed by atoms with Crippen LogP contribution in [0.4, 0.5) is 0 Å². The van der Waals surface area contributed by atoms with Gasteiger partial charge in [0.05, 0.1) is 18.6 Å². The van der Waals surface area contributed by atoms with Crippen LogP contribution in [0, 0.1) is 5.41 Å². The molecule has 0 saturated heterocycles. The van der Waals surface area contributed by atoms with E-state index in [1.165, 1.54) is 0 Å². The number of aliphatic hydroxyl groups excluding tert-OH is 2. The molecule has 0 heterocycles. The molecule has 0 aromatic carbocycles. The lowest BCUT2D eigenvalue weighted by atomic mass is 9.92. The Balaban J connectivity index is 0. The third-order valence-corrected chi connectivity index (χ3v) is 3.92. The van der Waals surface area contributed by atoms with Crippen molar-refractivity contribution in [3.05, 3.63) is 50.6 Å². The van der Waals surface area contributed by atoms with E-state index in [-0.39, 0.29) is 13.2 Å². The molecule has 0 amide bonds. The van der Waals surface area contributed by atoms with E-state index < -0.39 is 48.8 Å². The number of carbonyl (C=O) groups excluding carboxylic acids is 4. The lowest BCUT2D eigenvalue weighted by Gasteiger charge is -2.27. The Morgan fingerprint density at radius 3 is 1.45 bits per heavy atom. The van der Waals surface area contributed by atoms with Crippen LogP contribution >= 0.6 is 0 Å². The van der Waals surface area contributed by atoms with Crippen molar-refractivity contribution in [3.8, 4) is 0 Å². The molecule has 186 valence electrons. The summed E-state index contributed by atoms with van der Waals surface area (Å²) in [4.78, 5) is 43.6. The molecule has 0 fully saturated rings. The number of esters is 4. The summed E-state index contributed by atoms with van der Waals surface area (Å²) in [5.41, 5.74) is -1.22. The van der Waals surface area contributed by atoms with Gasteiger partial charge in [-0.05, 0) is 6.42 Å². The van der Waals surface area contributed by atoms with Gasteiger partial charge in [-0.25, -0.2) is 19.2 Å². The fourth-order valence-corrected chi connectivity index (χ4v) is 1.90. The van der Waals surface area contributed by atoms with Crippen molar-refractivity contribution in [2.45, 2.75) is 38.9 Å². The predicted octanol–water partition coefficient (Wildman–Crippen LogP) is 1.77. The summed E-state index contributed by atoms with van der Waals surface area (Å²) in [6.45, 7) is 13.4. The van der Waals surface area contributed by atoms with Crippen molar-refractivity contribution in [3.63, 3.8) is 0 Å². The second-order valence-electron chi connectivity index (χ2n) is 6.65. The first kappa shape index (κ1) is 31.9. The van der Waals surface area contributed by atoms with Gasteiger partial charge in [0.25, 0.3) is 0 Å². The normalized spacial score (nSPS) is 10.1. The highest BCUT2D eigenvalue weighted by atomic mass is 16.7. The largest absolute Gasteiger partial charge is 0.462 e. The van der Waals surface area contributed by atoms with Gasteiger partial charge < -0.3 is 29.2 Å². The van der Waals surface area contributed by atoms with E-state index in [1.807, 2.05) is 0 Å². The van der Waals surface area contributed by atoms with E-state index in [0.29, 0.717) is 6.42 Å². The lowest BCUT2D eigenvalue weighted by molar-refractivity contribution is -0.182. The average Bonchev–Trinajstić information content (AvgIpc) is 2.84. The highest BCUT2D eigenvalue weighted by molar-refractivity contribution is 5.83. The zero-order valence-electron chi connectivity index (χ0n) is 19.0. The molecular formula is C23H34O10. The van der Waals surface area contributed by atoms with E-state index in [4.69, 9.17) is 29.2 Å². The molecule has 0 radical (unpaired) electrons. The van der Waals surface area contributed by atoms with Gasteiger partial charge in [-0.3, -0.25) is 0 Å². The summed E-state index contributed by atoms with van der Waals surface area (Å²) in [6.07, 6.45) is 6.49. The van der Waals surface area contributed by atoms with Crippen LogP contribution in [0.1, 0.15) is 32.6 Å². The van der Waals surface area contributed by atoms with Crippen molar-refractivity contribution in [1.82, 2.24) is 0 Å². The second-order valence-corrected chi connectivity index (χ2v) is 6.65. The fourth-order valence-electron chi connectivity index (χ4n) is 1.90. The van der Waals surface area contributed by atoms with Crippen molar-refractivity contribution < 1.29 is 48.3 Å². The zero-order valence-corrected chi connectivity index (χ0v) is 19.0. The maximum absolute atomic E-state index is 11.0. The maximum Gasteiger partial charge on any atom is 0.333 e. The van der Waals surface area contributed by atoms with E-state index in [2.05, 4.69) is 33.2 Å². The zero-order chi connectivity index (χ0) is 25.7. The van der Waals surface area contributed by atoms with Crippen molar-refractivity contribution in [2.24, 2.45) is 5.41 Å². The molecule has 33 heavy (non-hydrogen) atoms. The van der Waals surface area contributed by atoms with Gasteiger partial charge in [0.1, 0.15) is 13.2 Å². The third-order valence-electron chi connectivity index (χ3n) is 3.92. The Morgan fingerprint density at radius 2 is 1.15 bits per heavy atom. The lowest BCUT2D eigenvalue weighted by Crippen LogP contribution is -2.40. The van der Waals surface area contributed by atoms with E-state index in [0.717, 1.165) is 43.6 Å². The number of ether oxygens (including phenoxy) is 4. The maximum atomic E-state index is 11.0. The molecule has 0 bridgehead atoms. The molecule has 0 aliphatic carbocycles. The van der Waals surface area contributed by atoms with Crippen molar-refractivity contribution in [2.75, 3.05) is 26.4 Å². The molecule has 0 unspecified atom stereocenters. The molecule has 0 atom stereocenters. The number of hydrogen-bond donors (Lipinski definition) is 2. The molecule has 0 aromatic rings. The van der Waals surface area contributed by atoms with Crippen LogP contribution < -0.4 is 0 Å². The quantitative estimate of drug-likeness (QED) is 0.112. The molecule has 0 rings (SSSR count). The Labute approximate surface area is 194 Å². The van der Waals surface area contributed by atoms with E-state index >= 15 is 0 Å². The molecule has 0 spiro atoms. The Morgan fingerprint density at radius 1 is 0.758 bits per heavy atom. The topological polar surface area (TPSA) is 146 Å². The van der Waals surface area contributed by atoms with Crippen LogP contribution in [0.25, 0.3) is 0 Å². The first-order valence-electron chi connectivity index (χ1n) is 10.1. The number of hydrogen-bond acceptors (Lipinski definition) is 10. The van der Waals surface area contributed by atoms with Gasteiger partial charge in [0, 0.05) is 30.7 Å². The number of carbonyl (C=O) groups is 4. The van der Waals surface area contributed by atoms with E-state index in [9.17, 15) is 19.2 Å². The molecule has 2 N–H and O–H groups in total. The van der Waals surface area contributed by atoms with Gasteiger partial charge >= 0.3 is 23.9 Å². The highest BCUT2D eigenvalue weighted by Crippen LogP contribution is 2.17. The smallest absolute Gasteiger partial charge is 0.333 e. The summed E-state index contributed by atoms with van der Waals surface area (Å²) in [7, 11) is 0. The van der Waals surface area contributed by atoms with Gasteiger partial charge in [-0.15, -0.1) is 0 Å². The summed E-state index contributed by atoms with van der Waals surface area (Å²) in [5, 5.41) is 18.3. The molecule has 0 aliphatic heterocycles. The molecule has 10 heteroatoms. The summed E-state index contributed by atoms with van der Waals surface area (Å²) in [6, 6.07) is 0. The van der Waals surface area contributed by atoms with Crippen molar-refractivity contribution in [1.29, 1.82) is 0 Å².